The number of hydrogen-bond donors (Lipinski definition) is 1. The molecule has 7 heteroatoms. The monoisotopic (exact) mass is 382 g/mol. The Hall–Kier alpha value is -1.60. The van der Waals surface area contributed by atoms with Crippen LogP contribution in [-0.4, -0.2) is 50.7 Å². The summed E-state index contributed by atoms with van der Waals surface area (Å²) >= 11 is 0. The number of nitrogens with one attached hydrogen (secondary N) is 1. The molecule has 1 aromatic carbocycles. The molecule has 1 aliphatic rings. The Morgan fingerprint density at radius 1 is 1.19 bits per heavy atom. The number of hydrogen-bond acceptors (Lipinski definition) is 4. The van der Waals surface area contributed by atoms with Gasteiger partial charge in [0, 0.05) is 25.6 Å². The van der Waals surface area contributed by atoms with Gasteiger partial charge in [0.2, 0.25) is 15.9 Å². The summed E-state index contributed by atoms with van der Waals surface area (Å²) in [5, 5.41) is 0. The number of piperidine rings is 1. The molecule has 146 valence electrons. The van der Waals surface area contributed by atoms with E-state index >= 15 is 0 Å². The topological polar surface area (TPSA) is 75.7 Å². The highest BCUT2D eigenvalue weighted by molar-refractivity contribution is 7.89. The van der Waals surface area contributed by atoms with Gasteiger partial charge < -0.3 is 9.64 Å². The van der Waals surface area contributed by atoms with Crippen molar-refractivity contribution in [1.29, 1.82) is 0 Å². The summed E-state index contributed by atoms with van der Waals surface area (Å²) in [4.78, 5) is 14.1. The Bertz CT molecular complexity index is 641. The predicted octanol–water partition coefficient (Wildman–Crippen LogP) is 2.56. The molecule has 1 amide bonds. The maximum absolute atomic E-state index is 12.3. The molecule has 0 aromatic heterocycles. The Morgan fingerprint density at radius 2 is 1.88 bits per heavy atom. The zero-order chi connectivity index (χ0) is 18.8. The number of amides is 1. The van der Waals surface area contributed by atoms with Gasteiger partial charge >= 0.3 is 0 Å². The van der Waals surface area contributed by atoms with Crippen molar-refractivity contribution in [2.45, 2.75) is 51.5 Å². The van der Waals surface area contributed by atoms with Crippen molar-refractivity contribution < 1.29 is 17.9 Å². The second-order valence-corrected chi connectivity index (χ2v) is 8.58. The molecule has 26 heavy (non-hydrogen) atoms. The number of para-hydroxylation sites is 1. The van der Waals surface area contributed by atoms with Crippen LogP contribution in [0.5, 0.6) is 5.75 Å². The quantitative estimate of drug-likeness (QED) is 0.631. The van der Waals surface area contributed by atoms with Gasteiger partial charge in [-0.3, -0.25) is 4.79 Å². The highest BCUT2D eigenvalue weighted by Gasteiger charge is 2.25. The van der Waals surface area contributed by atoms with Gasteiger partial charge in [-0.1, -0.05) is 31.5 Å². The fourth-order valence-corrected chi connectivity index (χ4v) is 4.51. The SMILES string of the molecule is CCCCS(=O)(=O)NC1CCN(C(=O)CCCOc2ccccc2)CC1. The van der Waals surface area contributed by atoms with Crippen LogP contribution in [0.2, 0.25) is 0 Å². The van der Waals surface area contributed by atoms with E-state index in [1.165, 1.54) is 0 Å². The average Bonchev–Trinajstić information content (AvgIpc) is 2.64. The van der Waals surface area contributed by atoms with Crippen LogP contribution in [0.1, 0.15) is 45.4 Å². The number of unbranched alkanes of at least 4 members (excludes halogenated alkanes) is 1. The molecule has 1 saturated heterocycles. The molecule has 0 bridgehead atoms. The lowest BCUT2D eigenvalue weighted by molar-refractivity contribution is -0.132. The molecule has 1 heterocycles. The summed E-state index contributed by atoms with van der Waals surface area (Å²) in [6, 6.07) is 9.51. The largest absolute Gasteiger partial charge is 0.494 e. The zero-order valence-electron chi connectivity index (χ0n) is 15.5. The highest BCUT2D eigenvalue weighted by atomic mass is 32.2. The van der Waals surface area contributed by atoms with E-state index in [4.69, 9.17) is 4.74 Å². The molecule has 0 aliphatic carbocycles. The Labute approximate surface area is 157 Å². The average molecular weight is 383 g/mol. The predicted molar refractivity (Wildman–Crippen MR) is 103 cm³/mol. The van der Waals surface area contributed by atoms with Gasteiger partial charge in [-0.15, -0.1) is 0 Å². The third-order valence-electron chi connectivity index (χ3n) is 4.51. The first-order chi connectivity index (χ1) is 12.5. The second-order valence-electron chi connectivity index (χ2n) is 6.71. The first-order valence-electron chi connectivity index (χ1n) is 9.46. The Morgan fingerprint density at radius 3 is 2.54 bits per heavy atom. The van der Waals surface area contributed by atoms with Crippen LogP contribution in [0.25, 0.3) is 0 Å². The number of ether oxygens (including phenoxy) is 1. The van der Waals surface area contributed by atoms with Crippen LogP contribution in [0.4, 0.5) is 0 Å². The molecule has 6 nitrogen and oxygen atoms in total. The van der Waals surface area contributed by atoms with Crippen LogP contribution >= 0.6 is 0 Å². The van der Waals surface area contributed by atoms with E-state index in [1.54, 1.807) is 0 Å². The summed E-state index contributed by atoms with van der Waals surface area (Å²) in [6.45, 7) is 3.71. The molecular weight excluding hydrogens is 352 g/mol. The van der Waals surface area contributed by atoms with Crippen molar-refractivity contribution in [3.05, 3.63) is 30.3 Å². The maximum atomic E-state index is 12.3. The van der Waals surface area contributed by atoms with Crippen molar-refractivity contribution in [2.24, 2.45) is 0 Å². The van der Waals surface area contributed by atoms with E-state index < -0.39 is 10.0 Å². The minimum atomic E-state index is -3.20. The molecule has 1 fully saturated rings. The molecule has 0 saturated carbocycles. The molecular formula is C19H30N2O4S. The molecule has 1 N–H and O–H groups in total. The smallest absolute Gasteiger partial charge is 0.222 e. The highest BCUT2D eigenvalue weighted by Crippen LogP contribution is 2.14. The summed E-state index contributed by atoms with van der Waals surface area (Å²) in [5.41, 5.74) is 0. The van der Waals surface area contributed by atoms with Crippen molar-refractivity contribution in [3.8, 4) is 5.75 Å². The van der Waals surface area contributed by atoms with E-state index in [2.05, 4.69) is 4.72 Å². The van der Waals surface area contributed by atoms with Crippen molar-refractivity contribution in [2.75, 3.05) is 25.4 Å². The van der Waals surface area contributed by atoms with Crippen LogP contribution in [0.3, 0.4) is 0 Å². The van der Waals surface area contributed by atoms with Gasteiger partial charge in [0.25, 0.3) is 0 Å². The molecule has 0 atom stereocenters. The fourth-order valence-electron chi connectivity index (χ4n) is 2.98. The van der Waals surface area contributed by atoms with Crippen molar-refractivity contribution in [1.82, 2.24) is 9.62 Å². The summed E-state index contributed by atoms with van der Waals surface area (Å²) < 4.78 is 32.3. The summed E-state index contributed by atoms with van der Waals surface area (Å²) in [7, 11) is -3.20. The zero-order valence-corrected chi connectivity index (χ0v) is 16.3. The van der Waals surface area contributed by atoms with Crippen LogP contribution < -0.4 is 9.46 Å². The van der Waals surface area contributed by atoms with Gasteiger partial charge in [0.1, 0.15) is 5.75 Å². The van der Waals surface area contributed by atoms with Gasteiger partial charge in [-0.25, -0.2) is 13.1 Å². The van der Waals surface area contributed by atoms with E-state index in [1.807, 2.05) is 42.2 Å². The van der Waals surface area contributed by atoms with Gasteiger partial charge in [-0.2, -0.15) is 0 Å². The first-order valence-corrected chi connectivity index (χ1v) is 11.1. The number of benzene rings is 1. The maximum Gasteiger partial charge on any atom is 0.222 e. The summed E-state index contributed by atoms with van der Waals surface area (Å²) in [6.07, 6.45) is 4.03. The Balaban J connectivity index is 1.63. The minimum absolute atomic E-state index is 0.0534. The van der Waals surface area contributed by atoms with E-state index in [-0.39, 0.29) is 17.7 Å². The molecule has 0 radical (unpaired) electrons. The van der Waals surface area contributed by atoms with Gasteiger partial charge in [0.05, 0.1) is 12.4 Å². The third kappa shape index (κ3) is 7.33. The number of rotatable bonds is 10. The van der Waals surface area contributed by atoms with E-state index in [9.17, 15) is 13.2 Å². The number of carbonyl (C=O) groups is 1. The lowest BCUT2D eigenvalue weighted by atomic mass is 10.1. The molecule has 1 aromatic rings. The minimum Gasteiger partial charge on any atom is -0.494 e. The van der Waals surface area contributed by atoms with Gasteiger partial charge in [-0.05, 0) is 37.8 Å². The van der Waals surface area contributed by atoms with Crippen molar-refractivity contribution >= 4 is 15.9 Å². The first kappa shape index (κ1) is 20.7. The van der Waals surface area contributed by atoms with Crippen LogP contribution in [-0.2, 0) is 14.8 Å². The lowest BCUT2D eigenvalue weighted by Crippen LogP contribution is -2.47. The molecule has 2 rings (SSSR count). The van der Waals surface area contributed by atoms with E-state index in [0.717, 1.165) is 12.2 Å². The number of carbonyl (C=O) groups excluding carboxylic acids is 1. The third-order valence-corrected chi connectivity index (χ3v) is 6.03. The molecule has 1 aliphatic heterocycles. The Kier molecular flexibility index (Phi) is 8.38. The van der Waals surface area contributed by atoms with E-state index in [0.29, 0.717) is 51.8 Å². The van der Waals surface area contributed by atoms with Crippen LogP contribution in [0, 0.1) is 0 Å². The number of nitrogens with zero attached hydrogens (tertiary/aromatic N) is 1. The summed E-state index contributed by atoms with van der Waals surface area (Å²) in [5.74, 6) is 1.12. The number of sulfonamides is 1. The molecule has 0 spiro atoms. The molecule has 0 unspecified atom stereocenters. The van der Waals surface area contributed by atoms with Crippen molar-refractivity contribution in [3.63, 3.8) is 0 Å². The number of likely N-dealkylation sites (tertiary alicyclic amines) is 1. The second kappa shape index (κ2) is 10.5. The van der Waals surface area contributed by atoms with Gasteiger partial charge in [0.15, 0.2) is 0 Å². The standard InChI is InChI=1S/C19H30N2O4S/c1-2-3-16-26(23,24)20-17-11-13-21(14-12-17)19(22)10-7-15-25-18-8-5-4-6-9-18/h4-6,8-9,17,20H,2-3,7,10-16H2,1H3. The fraction of sp³-hybridized carbons (Fsp3) is 0.632. The normalized spacial score (nSPS) is 15.8. The van der Waals surface area contributed by atoms with Crippen LogP contribution in [0.15, 0.2) is 30.3 Å². The lowest BCUT2D eigenvalue weighted by Gasteiger charge is -2.32.